The Labute approximate surface area is 159 Å². The summed E-state index contributed by atoms with van der Waals surface area (Å²) in [5.41, 5.74) is 3.21. The van der Waals surface area contributed by atoms with Crippen LogP contribution in [0.15, 0.2) is 58.6 Å². The van der Waals surface area contributed by atoms with Crippen molar-refractivity contribution in [1.29, 1.82) is 0 Å². The number of nitrogens with zero attached hydrogens (tertiary/aromatic N) is 4. The third-order valence-corrected chi connectivity index (χ3v) is 4.95. The highest BCUT2D eigenvalue weighted by atomic mass is 16.3. The topological polar surface area (TPSA) is 52.8 Å². The van der Waals surface area contributed by atoms with Crippen molar-refractivity contribution in [3.05, 3.63) is 65.5 Å². The van der Waals surface area contributed by atoms with E-state index in [-0.39, 0.29) is 5.91 Å². The van der Waals surface area contributed by atoms with E-state index in [1.807, 2.05) is 23.1 Å². The van der Waals surface area contributed by atoms with Crippen molar-refractivity contribution in [3.8, 4) is 11.8 Å². The van der Waals surface area contributed by atoms with E-state index in [9.17, 15) is 4.79 Å². The van der Waals surface area contributed by atoms with Gasteiger partial charge in [0.25, 0.3) is 5.91 Å². The molecule has 4 rings (SSSR count). The van der Waals surface area contributed by atoms with E-state index in [4.69, 9.17) is 4.42 Å². The average molecular weight is 362 g/mol. The van der Waals surface area contributed by atoms with Crippen LogP contribution in [0.25, 0.3) is 0 Å². The lowest BCUT2D eigenvalue weighted by molar-refractivity contribution is -0.131. The molecule has 0 bridgehead atoms. The molecular weight excluding hydrogens is 340 g/mol. The summed E-state index contributed by atoms with van der Waals surface area (Å²) in [5, 5.41) is 0. The highest BCUT2D eigenvalue weighted by molar-refractivity contribution is 5.95. The molecule has 1 amide bonds. The number of aromatic nitrogens is 1. The fourth-order valence-electron chi connectivity index (χ4n) is 3.59. The zero-order valence-corrected chi connectivity index (χ0v) is 15.4. The van der Waals surface area contributed by atoms with Gasteiger partial charge in [-0.2, -0.15) is 0 Å². The minimum atomic E-state index is 0.139. The van der Waals surface area contributed by atoms with Gasteiger partial charge in [0.1, 0.15) is 0 Å². The molecule has 138 valence electrons. The summed E-state index contributed by atoms with van der Waals surface area (Å²) in [4.78, 5) is 23.3. The summed E-state index contributed by atoms with van der Waals surface area (Å²) in [6.45, 7) is 3.41. The molecule has 27 heavy (non-hydrogen) atoms. The third kappa shape index (κ3) is 3.88. The number of hydrogen-bond donors (Lipinski definition) is 0. The van der Waals surface area contributed by atoms with Gasteiger partial charge in [-0.25, -0.2) is 4.98 Å². The third-order valence-electron chi connectivity index (χ3n) is 4.95. The Morgan fingerprint density at radius 3 is 2.89 bits per heavy atom. The van der Waals surface area contributed by atoms with E-state index in [2.05, 4.69) is 45.8 Å². The van der Waals surface area contributed by atoms with E-state index >= 15 is 0 Å². The molecule has 0 saturated carbocycles. The molecule has 0 aliphatic carbocycles. The van der Waals surface area contributed by atoms with Crippen molar-refractivity contribution in [2.24, 2.45) is 0 Å². The number of oxazole rings is 1. The maximum Gasteiger partial charge on any atom is 0.254 e. The highest BCUT2D eigenvalue weighted by Gasteiger charge is 2.33. The number of benzene rings is 1. The van der Waals surface area contributed by atoms with E-state index in [0.29, 0.717) is 32.1 Å². The molecular formula is C21H22N4O2. The van der Waals surface area contributed by atoms with Gasteiger partial charge in [-0.1, -0.05) is 36.3 Å². The predicted molar refractivity (Wildman–Crippen MR) is 101 cm³/mol. The molecule has 0 fully saturated rings. The maximum absolute atomic E-state index is 13.1. The van der Waals surface area contributed by atoms with Gasteiger partial charge >= 0.3 is 0 Å². The number of carbonyl (C=O) groups is 1. The molecule has 6 heteroatoms. The normalized spacial score (nSPS) is 17.6. The molecule has 3 heterocycles. The van der Waals surface area contributed by atoms with E-state index in [1.165, 1.54) is 12.1 Å². The average Bonchev–Trinajstić information content (AvgIpc) is 3.20. The minimum Gasteiger partial charge on any atom is -0.435 e. The number of carbonyl (C=O) groups excluding carboxylic acids is 1. The first-order valence-corrected chi connectivity index (χ1v) is 9.07. The van der Waals surface area contributed by atoms with Crippen LogP contribution < -0.4 is 0 Å². The largest absolute Gasteiger partial charge is 0.435 e. The Balaban J connectivity index is 1.45. The lowest BCUT2D eigenvalue weighted by Gasteiger charge is -2.42. The first kappa shape index (κ1) is 17.4. The molecule has 0 N–H and O–H groups in total. The Morgan fingerprint density at radius 2 is 2.11 bits per heavy atom. The van der Waals surface area contributed by atoms with Gasteiger partial charge in [-0.05, 0) is 11.5 Å². The van der Waals surface area contributed by atoms with Crippen molar-refractivity contribution in [3.63, 3.8) is 0 Å². The maximum atomic E-state index is 13.1. The second kappa shape index (κ2) is 7.68. The van der Waals surface area contributed by atoms with Crippen LogP contribution in [0.1, 0.15) is 17.7 Å². The van der Waals surface area contributed by atoms with Crippen LogP contribution in [0.2, 0.25) is 0 Å². The fourth-order valence-corrected chi connectivity index (χ4v) is 3.59. The van der Waals surface area contributed by atoms with Crippen molar-refractivity contribution >= 4 is 5.91 Å². The quantitative estimate of drug-likeness (QED) is 0.781. The molecule has 6 nitrogen and oxygen atoms in total. The van der Waals surface area contributed by atoms with Gasteiger partial charge in [0.15, 0.2) is 12.2 Å². The SMILES string of the molecule is CN1CN(Cc2ccccc2)C(=O)C2=C1CCN(CC#Cc1cnco1)C2. The number of amides is 1. The second-order valence-corrected chi connectivity index (χ2v) is 6.88. The van der Waals surface area contributed by atoms with Crippen LogP contribution in [-0.2, 0) is 11.3 Å². The highest BCUT2D eigenvalue weighted by Crippen LogP contribution is 2.27. The van der Waals surface area contributed by atoms with E-state index in [1.54, 1.807) is 6.20 Å². The predicted octanol–water partition coefficient (Wildman–Crippen LogP) is 1.92. The van der Waals surface area contributed by atoms with Gasteiger partial charge in [0, 0.05) is 38.8 Å². The Bertz CT molecular complexity index is 893. The Morgan fingerprint density at radius 1 is 1.26 bits per heavy atom. The van der Waals surface area contributed by atoms with Gasteiger partial charge in [-0.15, -0.1) is 0 Å². The van der Waals surface area contributed by atoms with E-state index < -0.39 is 0 Å². The monoisotopic (exact) mass is 362 g/mol. The van der Waals surface area contributed by atoms with Crippen molar-refractivity contribution in [1.82, 2.24) is 19.7 Å². The summed E-state index contributed by atoms with van der Waals surface area (Å²) < 4.78 is 5.13. The molecule has 0 radical (unpaired) electrons. The standard InChI is InChI=1S/C21H22N4O2/c1-23-16-25(13-17-6-3-2-4-7-17)21(26)19-14-24(11-9-20(19)23)10-5-8-18-12-22-15-27-18/h2-4,6-7,12,15H,9-11,13-14,16H2,1H3. The van der Waals surface area contributed by atoms with Crippen LogP contribution in [0.5, 0.6) is 0 Å². The number of hydrogen-bond acceptors (Lipinski definition) is 5. The molecule has 0 spiro atoms. The molecule has 0 saturated heterocycles. The van der Waals surface area contributed by atoms with Crippen LogP contribution in [0.4, 0.5) is 0 Å². The molecule has 0 unspecified atom stereocenters. The van der Waals surface area contributed by atoms with E-state index in [0.717, 1.165) is 24.1 Å². The first-order chi connectivity index (χ1) is 13.2. The zero-order chi connectivity index (χ0) is 18.6. The van der Waals surface area contributed by atoms with Crippen LogP contribution >= 0.6 is 0 Å². The zero-order valence-electron chi connectivity index (χ0n) is 15.4. The second-order valence-electron chi connectivity index (χ2n) is 6.88. The molecule has 2 aliphatic heterocycles. The van der Waals surface area contributed by atoms with Gasteiger partial charge in [0.2, 0.25) is 0 Å². The molecule has 2 aliphatic rings. The smallest absolute Gasteiger partial charge is 0.254 e. The first-order valence-electron chi connectivity index (χ1n) is 9.07. The summed E-state index contributed by atoms with van der Waals surface area (Å²) in [7, 11) is 2.07. The molecule has 2 aromatic rings. The van der Waals surface area contributed by atoms with Crippen LogP contribution in [0.3, 0.4) is 0 Å². The molecule has 0 atom stereocenters. The number of rotatable bonds is 3. The summed E-state index contributed by atoms with van der Waals surface area (Å²) in [5.74, 6) is 6.78. The van der Waals surface area contributed by atoms with Crippen LogP contribution in [-0.4, -0.2) is 58.9 Å². The van der Waals surface area contributed by atoms with Gasteiger partial charge in [-0.3, -0.25) is 9.69 Å². The van der Waals surface area contributed by atoms with Gasteiger partial charge in [0.05, 0.1) is 25.0 Å². The summed E-state index contributed by atoms with van der Waals surface area (Å²) in [6, 6.07) is 10.1. The summed E-state index contributed by atoms with van der Waals surface area (Å²) >= 11 is 0. The Hall–Kier alpha value is -3.04. The lowest BCUT2D eigenvalue weighted by Crippen LogP contribution is -2.50. The minimum absolute atomic E-state index is 0.139. The van der Waals surface area contributed by atoms with Crippen molar-refractivity contribution in [2.45, 2.75) is 13.0 Å². The van der Waals surface area contributed by atoms with Gasteiger partial charge < -0.3 is 14.2 Å². The Kier molecular flexibility index (Phi) is 4.95. The molecule has 1 aromatic heterocycles. The van der Waals surface area contributed by atoms with Crippen LogP contribution in [0, 0.1) is 11.8 Å². The van der Waals surface area contributed by atoms with Crippen molar-refractivity contribution in [2.75, 3.05) is 33.4 Å². The summed E-state index contributed by atoms with van der Waals surface area (Å²) in [6.07, 6.45) is 3.85. The fraction of sp³-hybridized carbons (Fsp3) is 0.333. The lowest BCUT2D eigenvalue weighted by atomic mass is 10.0. The molecule has 1 aromatic carbocycles. The van der Waals surface area contributed by atoms with Crippen molar-refractivity contribution < 1.29 is 9.21 Å².